The van der Waals surface area contributed by atoms with Gasteiger partial charge in [0.2, 0.25) is 0 Å². The first-order valence-electron chi connectivity index (χ1n) is 8.98. The fourth-order valence-electron chi connectivity index (χ4n) is 3.68. The second-order valence-corrected chi connectivity index (χ2v) is 6.97. The molecule has 4 rings (SSSR count). The topological polar surface area (TPSA) is 51.5 Å². The number of pyridine rings is 1. The number of ether oxygens (including phenoxy) is 2. The summed E-state index contributed by atoms with van der Waals surface area (Å²) in [6, 6.07) is 15.7. The van der Waals surface area contributed by atoms with Crippen molar-refractivity contribution in [1.29, 1.82) is 0 Å². The van der Waals surface area contributed by atoms with E-state index in [0.717, 1.165) is 22.8 Å². The van der Waals surface area contributed by atoms with Crippen LogP contribution >= 0.6 is 12.2 Å². The van der Waals surface area contributed by atoms with Crippen molar-refractivity contribution >= 4 is 23.0 Å². The van der Waals surface area contributed by atoms with Crippen molar-refractivity contribution in [1.82, 2.24) is 14.9 Å². The summed E-state index contributed by atoms with van der Waals surface area (Å²) in [5.74, 6) is 1.43. The summed E-state index contributed by atoms with van der Waals surface area (Å²) in [4.78, 5) is 6.67. The minimum atomic E-state index is -0.0888. The lowest BCUT2D eigenvalue weighted by molar-refractivity contribution is 0.394. The molecule has 0 bridgehead atoms. The number of anilines is 1. The van der Waals surface area contributed by atoms with Crippen LogP contribution in [0.4, 0.5) is 5.69 Å². The molecule has 0 aliphatic carbocycles. The predicted molar refractivity (Wildman–Crippen MR) is 113 cm³/mol. The molecule has 2 atom stereocenters. The van der Waals surface area contributed by atoms with Crippen molar-refractivity contribution < 1.29 is 9.47 Å². The van der Waals surface area contributed by atoms with Crippen LogP contribution in [0, 0.1) is 0 Å². The number of benzene rings is 1. The van der Waals surface area contributed by atoms with Gasteiger partial charge in [0.1, 0.15) is 17.5 Å². The smallest absolute Gasteiger partial charge is 0.174 e. The van der Waals surface area contributed by atoms with E-state index in [4.69, 9.17) is 21.7 Å². The van der Waals surface area contributed by atoms with Crippen molar-refractivity contribution in [3.05, 3.63) is 72.3 Å². The standard InChI is InChI=1S/C21H22N4O2S/c1-24-12-6-8-17(24)20-19(15-7-4-5-11-22-15)23-21(28)25(20)16-10-9-14(26-2)13-18(16)27-3/h4-13,19-20H,1-3H3,(H,23,28)/t19-,20+/m1/s1. The molecule has 1 aliphatic heterocycles. The highest BCUT2D eigenvalue weighted by molar-refractivity contribution is 7.80. The lowest BCUT2D eigenvalue weighted by atomic mass is 10.0. The number of nitrogens with zero attached hydrogens (tertiary/aromatic N) is 3. The molecule has 1 fully saturated rings. The highest BCUT2D eigenvalue weighted by atomic mass is 32.1. The molecule has 0 saturated carbocycles. The van der Waals surface area contributed by atoms with Crippen molar-refractivity contribution in [2.45, 2.75) is 12.1 Å². The molecule has 6 nitrogen and oxygen atoms in total. The zero-order valence-corrected chi connectivity index (χ0v) is 16.8. The van der Waals surface area contributed by atoms with E-state index in [-0.39, 0.29) is 12.1 Å². The van der Waals surface area contributed by atoms with Gasteiger partial charge >= 0.3 is 0 Å². The Kier molecular flexibility index (Phi) is 4.92. The maximum atomic E-state index is 5.75. The third-order valence-corrected chi connectivity index (χ3v) is 5.35. The van der Waals surface area contributed by atoms with Crippen molar-refractivity contribution in [2.75, 3.05) is 19.1 Å². The van der Waals surface area contributed by atoms with Crippen molar-refractivity contribution in [3.63, 3.8) is 0 Å². The minimum absolute atomic E-state index is 0.0790. The lowest BCUT2D eigenvalue weighted by Gasteiger charge is -2.29. The third kappa shape index (κ3) is 3.07. The van der Waals surface area contributed by atoms with Gasteiger partial charge in [-0.3, -0.25) is 4.98 Å². The average molecular weight is 395 g/mol. The van der Waals surface area contributed by atoms with Crippen molar-refractivity contribution in [3.8, 4) is 11.5 Å². The van der Waals surface area contributed by atoms with Gasteiger partial charge in [-0.25, -0.2) is 0 Å². The third-order valence-electron chi connectivity index (χ3n) is 5.03. The second kappa shape index (κ2) is 7.52. The Labute approximate surface area is 169 Å². The zero-order chi connectivity index (χ0) is 19.7. The molecule has 1 saturated heterocycles. The molecule has 1 aliphatic rings. The quantitative estimate of drug-likeness (QED) is 0.667. The molecule has 0 unspecified atom stereocenters. The van der Waals surface area contributed by atoms with Crippen LogP contribution in [0.1, 0.15) is 23.5 Å². The molecular weight excluding hydrogens is 372 g/mol. The fourth-order valence-corrected chi connectivity index (χ4v) is 4.02. The van der Waals surface area contributed by atoms with E-state index in [1.54, 1.807) is 20.4 Å². The first-order valence-corrected chi connectivity index (χ1v) is 9.38. The Balaban J connectivity index is 1.86. The van der Waals surface area contributed by atoms with Crippen LogP contribution in [0.3, 0.4) is 0 Å². The van der Waals surface area contributed by atoms with Gasteiger partial charge in [-0.1, -0.05) is 6.07 Å². The number of hydrogen-bond acceptors (Lipinski definition) is 4. The number of rotatable bonds is 5. The zero-order valence-electron chi connectivity index (χ0n) is 16.0. The van der Waals surface area contributed by atoms with Crippen LogP contribution in [-0.2, 0) is 7.05 Å². The van der Waals surface area contributed by atoms with E-state index < -0.39 is 0 Å². The summed E-state index contributed by atoms with van der Waals surface area (Å²) in [6.07, 6.45) is 3.84. The minimum Gasteiger partial charge on any atom is -0.497 e. The molecule has 0 spiro atoms. The van der Waals surface area contributed by atoms with Crippen LogP contribution in [0.15, 0.2) is 60.9 Å². The van der Waals surface area contributed by atoms with Gasteiger partial charge in [-0.05, 0) is 48.6 Å². The molecular formula is C21H22N4O2S. The normalized spacial score (nSPS) is 18.8. The first-order chi connectivity index (χ1) is 13.6. The van der Waals surface area contributed by atoms with Crippen molar-refractivity contribution in [2.24, 2.45) is 7.05 Å². The predicted octanol–water partition coefficient (Wildman–Crippen LogP) is 3.61. The first kappa shape index (κ1) is 18.3. The summed E-state index contributed by atoms with van der Waals surface area (Å²) in [5, 5.41) is 4.09. The second-order valence-electron chi connectivity index (χ2n) is 6.58. The highest BCUT2D eigenvalue weighted by Crippen LogP contribution is 2.45. The van der Waals surface area contributed by atoms with Crippen LogP contribution in [0.2, 0.25) is 0 Å². The molecule has 0 amide bonds. The molecule has 144 valence electrons. The summed E-state index contributed by atoms with van der Waals surface area (Å²) in [7, 11) is 5.33. The summed E-state index contributed by atoms with van der Waals surface area (Å²) in [6.45, 7) is 0. The molecule has 2 aromatic heterocycles. The number of hydrogen-bond donors (Lipinski definition) is 1. The van der Waals surface area contributed by atoms with E-state index in [1.807, 2.05) is 55.7 Å². The number of aryl methyl sites for hydroxylation is 1. The molecule has 1 aromatic carbocycles. The van der Waals surface area contributed by atoms with Crippen LogP contribution < -0.4 is 19.7 Å². The summed E-state index contributed by atoms with van der Waals surface area (Å²) in [5.41, 5.74) is 2.94. The largest absolute Gasteiger partial charge is 0.497 e. The Morgan fingerprint density at radius 1 is 1.07 bits per heavy atom. The monoisotopic (exact) mass is 394 g/mol. The lowest BCUT2D eigenvalue weighted by Crippen LogP contribution is -2.30. The SMILES string of the molecule is COc1ccc(N2C(=S)N[C@H](c3ccccn3)[C@@H]2c2cccn2C)c(OC)c1. The van der Waals surface area contributed by atoms with Crippen LogP contribution in [0.5, 0.6) is 11.5 Å². The number of aromatic nitrogens is 2. The Hall–Kier alpha value is -3.06. The van der Waals surface area contributed by atoms with Crippen LogP contribution in [0.25, 0.3) is 0 Å². The van der Waals surface area contributed by atoms with Gasteiger partial charge in [0.15, 0.2) is 5.11 Å². The van der Waals surface area contributed by atoms with E-state index in [1.165, 1.54) is 0 Å². The highest BCUT2D eigenvalue weighted by Gasteiger charge is 2.42. The van der Waals surface area contributed by atoms with E-state index >= 15 is 0 Å². The Morgan fingerprint density at radius 2 is 1.93 bits per heavy atom. The molecule has 0 radical (unpaired) electrons. The van der Waals surface area contributed by atoms with E-state index in [2.05, 4.69) is 25.8 Å². The van der Waals surface area contributed by atoms with Gasteiger partial charge in [0, 0.05) is 31.2 Å². The van der Waals surface area contributed by atoms with Gasteiger partial charge in [-0.15, -0.1) is 0 Å². The number of nitrogens with one attached hydrogen (secondary N) is 1. The summed E-state index contributed by atoms with van der Waals surface area (Å²) < 4.78 is 13.1. The van der Waals surface area contributed by atoms with Crippen LogP contribution in [-0.4, -0.2) is 28.9 Å². The fraction of sp³-hybridized carbons (Fsp3) is 0.238. The number of methoxy groups -OCH3 is 2. The maximum Gasteiger partial charge on any atom is 0.174 e. The van der Waals surface area contributed by atoms with Gasteiger partial charge < -0.3 is 24.3 Å². The van der Waals surface area contributed by atoms with E-state index in [9.17, 15) is 0 Å². The molecule has 3 aromatic rings. The maximum absolute atomic E-state index is 5.75. The molecule has 3 heterocycles. The molecule has 7 heteroatoms. The average Bonchev–Trinajstić information content (AvgIpc) is 3.30. The Morgan fingerprint density at radius 3 is 2.57 bits per heavy atom. The molecule has 28 heavy (non-hydrogen) atoms. The van der Waals surface area contributed by atoms with Gasteiger partial charge in [0.25, 0.3) is 0 Å². The number of thiocarbonyl (C=S) groups is 1. The molecule has 1 N–H and O–H groups in total. The summed E-state index contributed by atoms with van der Waals surface area (Å²) >= 11 is 5.75. The Bertz CT molecular complexity index is 989. The van der Waals surface area contributed by atoms with Gasteiger partial charge in [0.05, 0.1) is 31.6 Å². The van der Waals surface area contributed by atoms with E-state index in [0.29, 0.717) is 10.9 Å². The van der Waals surface area contributed by atoms with Gasteiger partial charge in [-0.2, -0.15) is 0 Å².